The van der Waals surface area contributed by atoms with E-state index in [1.165, 1.54) is 6.92 Å². The number of sulfonamides is 1. The van der Waals surface area contributed by atoms with E-state index >= 15 is 0 Å². The lowest BCUT2D eigenvalue weighted by Crippen LogP contribution is -2.55. The standard InChI is InChI=1S/C22H36INO7SSi/c1-16(25)30-20-14-19(10-11-29-15-17-6-8-18(28-2)9-7-17)31-22(21(20)23)24-32(26,27)12-13-33(3,4)5/h6-9,19-22,24H,10-15H2,1-5H3/t19-,20+,21+,22+/m1/s1. The van der Waals surface area contributed by atoms with Gasteiger partial charge >= 0.3 is 5.97 Å². The smallest absolute Gasteiger partial charge is 0.302 e. The van der Waals surface area contributed by atoms with Crippen molar-refractivity contribution in [2.75, 3.05) is 19.5 Å². The minimum absolute atomic E-state index is 0.0693. The molecular formula is C22H36INO7SSi. The Morgan fingerprint density at radius 2 is 1.91 bits per heavy atom. The number of carbonyl (C=O) groups is 1. The second-order valence-electron chi connectivity index (χ2n) is 9.44. The summed E-state index contributed by atoms with van der Waals surface area (Å²) >= 11 is 2.11. The van der Waals surface area contributed by atoms with Crippen molar-refractivity contribution < 1.29 is 32.2 Å². The normalized spacial score (nSPS) is 23.8. The van der Waals surface area contributed by atoms with Gasteiger partial charge in [0.25, 0.3) is 0 Å². The highest BCUT2D eigenvalue weighted by atomic mass is 127. The van der Waals surface area contributed by atoms with E-state index in [0.29, 0.717) is 32.1 Å². The fourth-order valence-corrected chi connectivity index (χ4v) is 8.56. The van der Waals surface area contributed by atoms with E-state index in [9.17, 15) is 13.2 Å². The monoisotopic (exact) mass is 613 g/mol. The molecule has 188 valence electrons. The zero-order valence-electron chi connectivity index (χ0n) is 20.0. The quantitative estimate of drug-likeness (QED) is 0.126. The Morgan fingerprint density at radius 1 is 1.24 bits per heavy atom. The number of nitrogens with one attached hydrogen (secondary N) is 1. The number of hydrogen-bond donors (Lipinski definition) is 1. The van der Waals surface area contributed by atoms with E-state index < -0.39 is 36.4 Å². The Kier molecular flexibility index (Phi) is 11.1. The second-order valence-corrected chi connectivity index (χ2v) is 18.4. The van der Waals surface area contributed by atoms with Crippen molar-refractivity contribution in [3.05, 3.63) is 29.8 Å². The van der Waals surface area contributed by atoms with Gasteiger partial charge < -0.3 is 18.9 Å². The van der Waals surface area contributed by atoms with Crippen LogP contribution >= 0.6 is 22.6 Å². The maximum atomic E-state index is 12.7. The van der Waals surface area contributed by atoms with E-state index in [2.05, 4.69) is 47.0 Å². The lowest BCUT2D eigenvalue weighted by molar-refractivity contribution is -0.158. The Labute approximate surface area is 212 Å². The van der Waals surface area contributed by atoms with Crippen molar-refractivity contribution in [1.82, 2.24) is 4.72 Å². The van der Waals surface area contributed by atoms with E-state index in [-0.39, 0.29) is 15.8 Å². The highest BCUT2D eigenvalue weighted by molar-refractivity contribution is 14.1. The molecule has 4 atom stereocenters. The molecule has 11 heteroatoms. The number of benzene rings is 1. The molecule has 2 rings (SSSR count). The molecule has 1 saturated heterocycles. The van der Waals surface area contributed by atoms with Crippen LogP contribution in [-0.4, -0.2) is 64.3 Å². The molecule has 0 aromatic heterocycles. The summed E-state index contributed by atoms with van der Waals surface area (Å²) in [5.41, 5.74) is 1.03. The van der Waals surface area contributed by atoms with Gasteiger partial charge in [-0.3, -0.25) is 4.79 Å². The highest BCUT2D eigenvalue weighted by Crippen LogP contribution is 2.30. The molecule has 1 N–H and O–H groups in total. The van der Waals surface area contributed by atoms with Crippen LogP contribution in [0, 0.1) is 0 Å². The third-order valence-corrected chi connectivity index (χ3v) is 10.1. The van der Waals surface area contributed by atoms with Gasteiger partial charge in [-0.1, -0.05) is 54.4 Å². The number of carbonyl (C=O) groups excluding carboxylic acids is 1. The molecule has 0 radical (unpaired) electrons. The van der Waals surface area contributed by atoms with Gasteiger partial charge in [0.2, 0.25) is 10.0 Å². The molecule has 0 spiro atoms. The molecule has 0 amide bonds. The van der Waals surface area contributed by atoms with E-state index in [1.54, 1.807) is 7.11 Å². The number of ether oxygens (including phenoxy) is 4. The molecular weight excluding hydrogens is 577 g/mol. The van der Waals surface area contributed by atoms with Crippen LogP contribution in [-0.2, 0) is 35.6 Å². The van der Waals surface area contributed by atoms with E-state index in [4.69, 9.17) is 18.9 Å². The van der Waals surface area contributed by atoms with Crippen LogP contribution in [0.1, 0.15) is 25.3 Å². The van der Waals surface area contributed by atoms with Crippen molar-refractivity contribution in [2.24, 2.45) is 0 Å². The summed E-state index contributed by atoms with van der Waals surface area (Å²) in [6, 6.07) is 8.31. The fourth-order valence-electron chi connectivity index (χ4n) is 3.33. The summed E-state index contributed by atoms with van der Waals surface area (Å²) in [5, 5.41) is 0. The van der Waals surface area contributed by atoms with Crippen LogP contribution in [0.15, 0.2) is 24.3 Å². The molecule has 33 heavy (non-hydrogen) atoms. The Morgan fingerprint density at radius 3 is 2.48 bits per heavy atom. The Bertz CT molecular complexity index is 860. The van der Waals surface area contributed by atoms with Crippen LogP contribution in [0.25, 0.3) is 0 Å². The first-order valence-corrected chi connectivity index (χ1v) is 17.7. The molecule has 0 bridgehead atoms. The molecule has 8 nitrogen and oxygen atoms in total. The average Bonchev–Trinajstić information content (AvgIpc) is 2.72. The number of methoxy groups -OCH3 is 1. The Hall–Kier alpha value is -0.733. The van der Waals surface area contributed by atoms with Gasteiger partial charge in [0.15, 0.2) is 0 Å². The SMILES string of the molecule is COc1ccc(COCC[C@@H]2C[C@H](OC(C)=O)[C@H](I)[C@@H](NS(=O)(=O)CC[Si](C)(C)C)O2)cc1. The second kappa shape index (κ2) is 12.8. The largest absolute Gasteiger partial charge is 0.497 e. The summed E-state index contributed by atoms with van der Waals surface area (Å²) in [7, 11) is -3.40. The lowest BCUT2D eigenvalue weighted by Gasteiger charge is -2.39. The molecule has 1 fully saturated rings. The molecule has 0 aliphatic carbocycles. The van der Waals surface area contributed by atoms with Gasteiger partial charge in [0.05, 0.1) is 29.5 Å². The first-order valence-electron chi connectivity index (χ1n) is 11.1. The first-order chi connectivity index (χ1) is 15.4. The van der Waals surface area contributed by atoms with Crippen LogP contribution in [0.2, 0.25) is 25.7 Å². The highest BCUT2D eigenvalue weighted by Gasteiger charge is 2.41. The number of esters is 1. The summed E-state index contributed by atoms with van der Waals surface area (Å²) < 4.78 is 50.2. The maximum Gasteiger partial charge on any atom is 0.302 e. The summed E-state index contributed by atoms with van der Waals surface area (Å²) in [6.45, 7) is 8.66. The average molecular weight is 614 g/mol. The summed E-state index contributed by atoms with van der Waals surface area (Å²) in [6.07, 6.45) is -0.438. The Balaban J connectivity index is 1.94. The minimum Gasteiger partial charge on any atom is -0.497 e. The van der Waals surface area contributed by atoms with Crippen molar-refractivity contribution in [3.63, 3.8) is 0 Å². The van der Waals surface area contributed by atoms with Crippen LogP contribution in [0.4, 0.5) is 0 Å². The molecule has 0 unspecified atom stereocenters. The van der Waals surface area contributed by atoms with Gasteiger partial charge in [0.1, 0.15) is 18.1 Å². The minimum atomic E-state index is -3.52. The molecule has 1 aromatic carbocycles. The number of rotatable bonds is 12. The summed E-state index contributed by atoms with van der Waals surface area (Å²) in [4.78, 5) is 11.6. The van der Waals surface area contributed by atoms with Gasteiger partial charge in [-0.2, -0.15) is 4.72 Å². The van der Waals surface area contributed by atoms with Crippen molar-refractivity contribution in [2.45, 2.75) is 74.4 Å². The predicted octanol–water partition coefficient (Wildman–Crippen LogP) is 3.71. The lowest BCUT2D eigenvalue weighted by atomic mass is 10.0. The van der Waals surface area contributed by atoms with Gasteiger partial charge in [-0.05, 0) is 30.2 Å². The molecule has 1 heterocycles. The molecule has 0 saturated carbocycles. The topological polar surface area (TPSA) is 100 Å². The third-order valence-electron chi connectivity index (χ3n) is 5.22. The van der Waals surface area contributed by atoms with Crippen LogP contribution in [0.3, 0.4) is 0 Å². The molecule has 1 aromatic rings. The molecule has 1 aliphatic heterocycles. The van der Waals surface area contributed by atoms with Crippen molar-refractivity contribution >= 4 is 46.7 Å². The van der Waals surface area contributed by atoms with Gasteiger partial charge in [-0.25, -0.2) is 8.42 Å². The predicted molar refractivity (Wildman–Crippen MR) is 139 cm³/mol. The maximum absolute atomic E-state index is 12.7. The number of halogens is 1. The zero-order chi connectivity index (χ0) is 24.6. The van der Waals surface area contributed by atoms with Gasteiger partial charge in [0, 0.05) is 28.0 Å². The number of hydrogen-bond acceptors (Lipinski definition) is 7. The third kappa shape index (κ3) is 10.6. The van der Waals surface area contributed by atoms with Crippen LogP contribution in [0.5, 0.6) is 5.75 Å². The first kappa shape index (κ1) is 28.5. The number of alkyl halides is 1. The van der Waals surface area contributed by atoms with Crippen molar-refractivity contribution in [3.8, 4) is 5.75 Å². The van der Waals surface area contributed by atoms with E-state index in [1.807, 2.05) is 24.3 Å². The summed E-state index contributed by atoms with van der Waals surface area (Å²) in [5.74, 6) is 0.468. The van der Waals surface area contributed by atoms with Gasteiger partial charge in [-0.15, -0.1) is 0 Å². The van der Waals surface area contributed by atoms with Crippen molar-refractivity contribution in [1.29, 1.82) is 0 Å². The molecule has 1 aliphatic rings. The van der Waals surface area contributed by atoms with E-state index in [0.717, 1.165) is 11.3 Å². The zero-order valence-corrected chi connectivity index (χ0v) is 24.0. The fraction of sp³-hybridized carbons (Fsp3) is 0.682. The van der Waals surface area contributed by atoms with Crippen LogP contribution < -0.4 is 9.46 Å².